The number of amides is 1. The quantitative estimate of drug-likeness (QED) is 0.292. The molecule has 0 fully saturated rings. The first kappa shape index (κ1) is 21.8. The lowest BCUT2D eigenvalue weighted by Gasteiger charge is -2.12. The first-order chi connectivity index (χ1) is 16.5. The molecule has 2 aromatic carbocycles. The van der Waals surface area contributed by atoms with Crippen LogP contribution in [0.25, 0.3) is 16.9 Å². The number of hydrogen-bond donors (Lipinski definition) is 2. The number of carbonyl (C=O) groups excluding carboxylic acids is 1. The summed E-state index contributed by atoms with van der Waals surface area (Å²) in [5.74, 6) is -0.239. The Morgan fingerprint density at radius 3 is 2.79 bits per heavy atom. The molecule has 5 rings (SSSR count). The van der Waals surface area contributed by atoms with Gasteiger partial charge in [0.25, 0.3) is 5.91 Å². The monoisotopic (exact) mass is 486 g/mol. The molecule has 7 nitrogen and oxygen atoms in total. The Balaban J connectivity index is 1.35. The van der Waals surface area contributed by atoms with Gasteiger partial charge in [0.15, 0.2) is 5.13 Å². The molecule has 3 heterocycles. The Labute approximate surface area is 205 Å². The minimum Gasteiger partial charge on any atom is -0.331 e. The van der Waals surface area contributed by atoms with E-state index in [4.69, 9.17) is 11.6 Å². The van der Waals surface area contributed by atoms with Crippen LogP contribution in [0.1, 0.15) is 15.9 Å². The number of aromatic nitrogens is 4. The molecule has 0 atom stereocenters. The Morgan fingerprint density at radius 1 is 1.09 bits per heavy atom. The van der Waals surface area contributed by atoms with Gasteiger partial charge in [0.1, 0.15) is 0 Å². The van der Waals surface area contributed by atoms with Gasteiger partial charge >= 0.3 is 0 Å². The van der Waals surface area contributed by atoms with Crippen LogP contribution in [-0.2, 0) is 0 Å². The van der Waals surface area contributed by atoms with Crippen LogP contribution >= 0.6 is 22.9 Å². The van der Waals surface area contributed by atoms with Crippen LogP contribution in [-0.4, -0.2) is 25.4 Å². The Morgan fingerprint density at radius 2 is 2.00 bits per heavy atom. The minimum atomic E-state index is -0.239. The van der Waals surface area contributed by atoms with Gasteiger partial charge < -0.3 is 15.2 Å². The van der Waals surface area contributed by atoms with Crippen LogP contribution in [0.2, 0.25) is 5.02 Å². The lowest BCUT2D eigenvalue weighted by Crippen LogP contribution is -2.12. The van der Waals surface area contributed by atoms with Gasteiger partial charge in [-0.1, -0.05) is 17.7 Å². The second kappa shape index (κ2) is 9.46. The third-order valence-electron chi connectivity index (χ3n) is 5.15. The van der Waals surface area contributed by atoms with Crippen molar-refractivity contribution in [2.45, 2.75) is 6.92 Å². The van der Waals surface area contributed by atoms with Crippen LogP contribution in [0.4, 0.5) is 16.5 Å². The highest BCUT2D eigenvalue weighted by molar-refractivity contribution is 7.14. The van der Waals surface area contributed by atoms with E-state index in [0.29, 0.717) is 16.3 Å². The van der Waals surface area contributed by atoms with Gasteiger partial charge in [-0.2, -0.15) is 0 Å². The molecule has 0 saturated carbocycles. The summed E-state index contributed by atoms with van der Waals surface area (Å²) in [4.78, 5) is 25.9. The predicted molar refractivity (Wildman–Crippen MR) is 136 cm³/mol. The molecule has 0 aliphatic rings. The van der Waals surface area contributed by atoms with Crippen molar-refractivity contribution in [1.29, 1.82) is 0 Å². The molecular weight excluding hydrogens is 468 g/mol. The molecule has 2 N–H and O–H groups in total. The first-order valence-corrected chi connectivity index (χ1v) is 11.6. The van der Waals surface area contributed by atoms with E-state index in [1.807, 2.05) is 53.4 Å². The Hall–Kier alpha value is -4.01. The van der Waals surface area contributed by atoms with Crippen LogP contribution < -0.4 is 10.6 Å². The zero-order valence-electron chi connectivity index (χ0n) is 18.1. The van der Waals surface area contributed by atoms with Crippen molar-refractivity contribution >= 4 is 45.4 Å². The molecule has 1 amide bonds. The lowest BCUT2D eigenvalue weighted by molar-refractivity contribution is 0.102. The summed E-state index contributed by atoms with van der Waals surface area (Å²) < 4.78 is 1.82. The fourth-order valence-electron chi connectivity index (χ4n) is 3.40. The molecule has 0 bridgehead atoms. The van der Waals surface area contributed by atoms with Crippen molar-refractivity contribution < 1.29 is 4.79 Å². The van der Waals surface area contributed by atoms with Gasteiger partial charge in [-0.05, 0) is 55.0 Å². The van der Waals surface area contributed by atoms with Crippen molar-refractivity contribution in [3.05, 3.63) is 101 Å². The van der Waals surface area contributed by atoms with Crippen molar-refractivity contribution in [2.24, 2.45) is 0 Å². The average molecular weight is 487 g/mol. The van der Waals surface area contributed by atoms with Crippen molar-refractivity contribution in [2.75, 3.05) is 10.6 Å². The van der Waals surface area contributed by atoms with Gasteiger partial charge in [0.05, 0.1) is 17.7 Å². The number of nitrogens with zero attached hydrogens (tertiary/aromatic N) is 4. The van der Waals surface area contributed by atoms with E-state index < -0.39 is 0 Å². The summed E-state index contributed by atoms with van der Waals surface area (Å²) in [7, 11) is 0. The maximum atomic E-state index is 13.0. The zero-order chi connectivity index (χ0) is 23.5. The summed E-state index contributed by atoms with van der Waals surface area (Å²) in [5, 5.41) is 9.49. The Kier molecular flexibility index (Phi) is 6.07. The normalized spacial score (nSPS) is 10.8. The predicted octanol–water partition coefficient (Wildman–Crippen LogP) is 6.35. The molecule has 0 spiro atoms. The second-order valence-electron chi connectivity index (χ2n) is 7.56. The van der Waals surface area contributed by atoms with E-state index >= 15 is 0 Å². The molecule has 0 saturated heterocycles. The number of imidazole rings is 1. The van der Waals surface area contributed by atoms with E-state index in [0.717, 1.165) is 33.3 Å². The maximum absolute atomic E-state index is 13.0. The van der Waals surface area contributed by atoms with Crippen molar-refractivity contribution in [3.63, 3.8) is 0 Å². The molecule has 34 heavy (non-hydrogen) atoms. The fraction of sp³-hybridized carbons (Fsp3) is 0.0400. The fourth-order valence-corrected chi connectivity index (χ4v) is 4.36. The minimum absolute atomic E-state index is 0.239. The molecule has 0 unspecified atom stereocenters. The number of nitrogens with one attached hydrogen (secondary N) is 2. The summed E-state index contributed by atoms with van der Waals surface area (Å²) in [5.41, 5.74) is 5.53. The number of anilines is 3. The largest absolute Gasteiger partial charge is 0.331 e. The number of rotatable bonds is 6. The van der Waals surface area contributed by atoms with Crippen LogP contribution in [0.3, 0.4) is 0 Å². The van der Waals surface area contributed by atoms with Gasteiger partial charge in [-0.25, -0.2) is 9.97 Å². The van der Waals surface area contributed by atoms with E-state index in [9.17, 15) is 4.79 Å². The van der Waals surface area contributed by atoms with Crippen LogP contribution in [0.15, 0.2) is 85.0 Å². The summed E-state index contributed by atoms with van der Waals surface area (Å²) >= 11 is 7.77. The summed E-state index contributed by atoms with van der Waals surface area (Å²) in [6.07, 6.45) is 8.68. The topological polar surface area (TPSA) is 84.7 Å². The average Bonchev–Trinajstić information content (AvgIpc) is 3.53. The SMILES string of the molecule is Cc1ccc(C(=O)Nc2cc(Cl)cc(-n3ccnc3)c2)cc1Nc1nc(-c2cccnc2)cs1. The lowest BCUT2D eigenvalue weighted by atomic mass is 10.1. The number of carbonyl (C=O) groups is 1. The van der Waals surface area contributed by atoms with E-state index in [1.54, 1.807) is 43.1 Å². The van der Waals surface area contributed by atoms with Gasteiger partial charge in [0, 0.05) is 57.7 Å². The highest BCUT2D eigenvalue weighted by atomic mass is 35.5. The van der Waals surface area contributed by atoms with Crippen LogP contribution in [0, 0.1) is 6.92 Å². The molecule has 0 aliphatic carbocycles. The third-order valence-corrected chi connectivity index (χ3v) is 6.12. The first-order valence-electron chi connectivity index (χ1n) is 10.4. The molecular formula is C25H19ClN6OS. The molecule has 9 heteroatoms. The van der Waals surface area contributed by atoms with Crippen molar-refractivity contribution in [1.82, 2.24) is 19.5 Å². The summed E-state index contributed by atoms with van der Waals surface area (Å²) in [6.45, 7) is 1.98. The molecule has 3 aromatic heterocycles. The Bertz CT molecular complexity index is 1450. The van der Waals surface area contributed by atoms with Gasteiger partial charge in [-0.15, -0.1) is 11.3 Å². The zero-order valence-corrected chi connectivity index (χ0v) is 19.6. The van der Waals surface area contributed by atoms with Crippen molar-refractivity contribution in [3.8, 4) is 16.9 Å². The van der Waals surface area contributed by atoms with E-state index in [1.165, 1.54) is 11.3 Å². The number of hydrogen-bond acceptors (Lipinski definition) is 6. The highest BCUT2D eigenvalue weighted by Gasteiger charge is 2.12. The molecule has 0 radical (unpaired) electrons. The summed E-state index contributed by atoms with van der Waals surface area (Å²) in [6, 6.07) is 14.7. The number of halogens is 1. The number of aryl methyl sites for hydroxylation is 1. The molecule has 5 aromatic rings. The van der Waals surface area contributed by atoms with E-state index in [-0.39, 0.29) is 5.91 Å². The maximum Gasteiger partial charge on any atom is 0.255 e. The highest BCUT2D eigenvalue weighted by Crippen LogP contribution is 2.29. The number of pyridine rings is 1. The number of thiazole rings is 1. The smallest absolute Gasteiger partial charge is 0.255 e. The standard InChI is InChI=1S/C25H19ClN6OS/c1-16-4-5-17(9-22(16)30-25-31-23(14-34-25)18-3-2-6-27-13-18)24(33)29-20-10-19(26)11-21(12-20)32-8-7-28-15-32/h2-15H,1H3,(H,29,33)(H,30,31). The second-order valence-corrected chi connectivity index (χ2v) is 8.85. The molecule has 168 valence electrons. The van der Waals surface area contributed by atoms with E-state index in [2.05, 4.69) is 25.6 Å². The molecule has 0 aliphatic heterocycles. The number of benzene rings is 2. The van der Waals surface area contributed by atoms with Gasteiger partial charge in [0.2, 0.25) is 0 Å². The van der Waals surface area contributed by atoms with Crippen LogP contribution in [0.5, 0.6) is 0 Å². The third kappa shape index (κ3) is 4.83. The van der Waals surface area contributed by atoms with Gasteiger partial charge in [-0.3, -0.25) is 9.78 Å².